The molecular weight excluding hydrogens is 400 g/mol. The molecule has 6 heteroatoms. The summed E-state index contributed by atoms with van der Waals surface area (Å²) in [5, 5.41) is 2.21. The number of rotatable bonds is 6. The average molecular weight is 425 g/mol. The van der Waals surface area contributed by atoms with Gasteiger partial charge >= 0.3 is 0 Å². The van der Waals surface area contributed by atoms with Gasteiger partial charge in [-0.1, -0.05) is 30.8 Å². The van der Waals surface area contributed by atoms with E-state index < -0.39 is 0 Å². The van der Waals surface area contributed by atoms with Crippen LogP contribution in [0, 0.1) is 5.92 Å². The largest absolute Gasteiger partial charge is 0.497 e. The van der Waals surface area contributed by atoms with E-state index in [-0.39, 0.29) is 5.78 Å². The molecule has 2 aliphatic carbocycles. The van der Waals surface area contributed by atoms with Gasteiger partial charge in [-0.05, 0) is 55.7 Å². The standard InChI is InChI=1S/C23H24N2O2S2/c1-13-6-9-17-19(10-13)29-23-20(17)22(24-21(25-23)14-7-8-14)28-12-18(26)15-4-3-5-16(11-15)27-2/h3-5,11,13-14H,6-10,12H2,1-2H3/t13-/m0/s1. The van der Waals surface area contributed by atoms with E-state index in [2.05, 4.69) is 6.92 Å². The van der Waals surface area contributed by atoms with Crippen LogP contribution in [-0.2, 0) is 12.8 Å². The molecule has 0 aliphatic heterocycles. The Morgan fingerprint density at radius 1 is 1.28 bits per heavy atom. The van der Waals surface area contributed by atoms with Crippen molar-refractivity contribution in [1.29, 1.82) is 0 Å². The molecule has 29 heavy (non-hydrogen) atoms. The van der Waals surface area contributed by atoms with Crippen molar-refractivity contribution in [3.63, 3.8) is 0 Å². The summed E-state index contributed by atoms with van der Waals surface area (Å²) in [7, 11) is 1.62. The Hall–Kier alpha value is -1.92. The summed E-state index contributed by atoms with van der Waals surface area (Å²) in [5.74, 6) is 3.40. The van der Waals surface area contributed by atoms with Crippen molar-refractivity contribution >= 4 is 39.1 Å². The fourth-order valence-corrected chi connectivity index (χ4v) is 6.38. The molecule has 2 aliphatic rings. The zero-order valence-corrected chi connectivity index (χ0v) is 18.4. The number of ether oxygens (including phenoxy) is 1. The Bertz CT molecular complexity index is 1090. The molecule has 0 radical (unpaired) electrons. The van der Waals surface area contributed by atoms with Crippen molar-refractivity contribution in [2.45, 2.75) is 50.0 Å². The first-order valence-corrected chi connectivity index (χ1v) is 12.0. The molecule has 2 heterocycles. The van der Waals surface area contributed by atoms with E-state index in [9.17, 15) is 4.79 Å². The highest BCUT2D eigenvalue weighted by Crippen LogP contribution is 2.44. The Kier molecular flexibility index (Phi) is 5.08. The summed E-state index contributed by atoms with van der Waals surface area (Å²) in [5.41, 5.74) is 2.12. The quantitative estimate of drug-likeness (QED) is 0.290. The topological polar surface area (TPSA) is 52.1 Å². The van der Waals surface area contributed by atoms with Crippen LogP contribution in [0.2, 0.25) is 0 Å². The highest BCUT2D eigenvalue weighted by molar-refractivity contribution is 8.00. The lowest BCUT2D eigenvalue weighted by molar-refractivity contribution is 0.102. The number of hydrogen-bond donors (Lipinski definition) is 0. The molecule has 1 atom stereocenters. The van der Waals surface area contributed by atoms with E-state index in [4.69, 9.17) is 14.7 Å². The maximum Gasteiger partial charge on any atom is 0.173 e. The van der Waals surface area contributed by atoms with Crippen molar-refractivity contribution in [2.24, 2.45) is 5.92 Å². The number of carbonyl (C=O) groups excluding carboxylic acids is 1. The molecule has 150 valence electrons. The van der Waals surface area contributed by atoms with E-state index in [0.29, 0.717) is 23.0 Å². The molecule has 0 saturated heterocycles. The summed E-state index contributed by atoms with van der Waals surface area (Å²) in [4.78, 5) is 25.3. The van der Waals surface area contributed by atoms with Gasteiger partial charge in [0.05, 0.1) is 12.9 Å². The fourth-order valence-electron chi connectivity index (χ4n) is 3.97. The molecule has 5 rings (SSSR count). The second-order valence-corrected chi connectivity index (χ2v) is 10.2. The van der Waals surface area contributed by atoms with E-state index in [1.165, 1.54) is 35.1 Å². The van der Waals surface area contributed by atoms with Gasteiger partial charge in [-0.25, -0.2) is 9.97 Å². The zero-order valence-electron chi connectivity index (χ0n) is 16.7. The number of Topliss-reactive ketones (excluding diaryl/α,β-unsaturated/α-hetero) is 1. The first-order valence-electron chi connectivity index (χ1n) is 10.2. The number of aromatic nitrogens is 2. The lowest BCUT2D eigenvalue weighted by atomic mass is 9.89. The molecule has 0 unspecified atom stereocenters. The number of nitrogens with zero attached hydrogens (tertiary/aromatic N) is 2. The number of carbonyl (C=O) groups is 1. The molecule has 0 N–H and O–H groups in total. The van der Waals surface area contributed by atoms with Crippen LogP contribution >= 0.6 is 23.1 Å². The second kappa shape index (κ2) is 7.73. The Balaban J connectivity index is 1.47. The molecule has 4 nitrogen and oxygen atoms in total. The summed E-state index contributed by atoms with van der Waals surface area (Å²) in [6.45, 7) is 2.33. The van der Waals surface area contributed by atoms with Gasteiger partial charge in [0.1, 0.15) is 21.4 Å². The van der Waals surface area contributed by atoms with Gasteiger partial charge in [-0.2, -0.15) is 0 Å². The summed E-state index contributed by atoms with van der Waals surface area (Å²) in [6.07, 6.45) is 5.82. The number of fused-ring (bicyclic) bond motifs is 3. The van der Waals surface area contributed by atoms with E-state index in [1.54, 1.807) is 18.9 Å². The molecular formula is C23H24N2O2S2. The Labute approximate surface area is 179 Å². The predicted octanol–water partition coefficient (Wildman–Crippen LogP) is 5.68. The van der Waals surface area contributed by atoms with Crippen molar-refractivity contribution < 1.29 is 9.53 Å². The third kappa shape index (κ3) is 3.80. The minimum atomic E-state index is 0.103. The summed E-state index contributed by atoms with van der Waals surface area (Å²) in [6, 6.07) is 7.38. The van der Waals surface area contributed by atoms with Gasteiger partial charge < -0.3 is 4.74 Å². The van der Waals surface area contributed by atoms with Crippen molar-refractivity contribution in [3.8, 4) is 5.75 Å². The third-order valence-corrected chi connectivity index (χ3v) is 7.94. The first-order chi connectivity index (χ1) is 14.1. The van der Waals surface area contributed by atoms with E-state index >= 15 is 0 Å². The summed E-state index contributed by atoms with van der Waals surface area (Å²) >= 11 is 3.42. The smallest absolute Gasteiger partial charge is 0.173 e. The van der Waals surface area contributed by atoms with Crippen LogP contribution in [0.1, 0.15) is 58.7 Å². The van der Waals surface area contributed by atoms with Crippen LogP contribution < -0.4 is 4.74 Å². The normalized spacial score (nSPS) is 18.6. The average Bonchev–Trinajstić information content (AvgIpc) is 3.52. The molecule has 1 aromatic carbocycles. The lowest BCUT2D eigenvalue weighted by Crippen LogP contribution is -2.09. The Morgan fingerprint density at radius 2 is 2.14 bits per heavy atom. The van der Waals surface area contributed by atoms with Gasteiger partial charge in [-0.15, -0.1) is 11.3 Å². The maximum absolute atomic E-state index is 12.8. The van der Waals surface area contributed by atoms with Gasteiger partial charge in [0.2, 0.25) is 0 Å². The summed E-state index contributed by atoms with van der Waals surface area (Å²) < 4.78 is 5.26. The number of thioether (sulfide) groups is 1. The third-order valence-electron chi connectivity index (χ3n) is 5.81. The molecule has 0 bridgehead atoms. The van der Waals surface area contributed by atoms with Crippen molar-refractivity contribution in [2.75, 3.05) is 12.9 Å². The van der Waals surface area contributed by atoms with Crippen molar-refractivity contribution in [3.05, 3.63) is 46.1 Å². The van der Waals surface area contributed by atoms with Gasteiger partial charge in [-0.3, -0.25) is 4.79 Å². The molecule has 2 aromatic heterocycles. The number of benzene rings is 1. The fraction of sp³-hybridized carbons (Fsp3) is 0.435. The SMILES string of the molecule is COc1cccc(C(=O)CSc2nc(C3CC3)nc3sc4c(c23)CC[C@H](C)C4)c1. The van der Waals surface area contributed by atoms with Crippen molar-refractivity contribution in [1.82, 2.24) is 9.97 Å². The van der Waals surface area contributed by atoms with Crippen LogP contribution in [0.4, 0.5) is 0 Å². The molecule has 1 fully saturated rings. The van der Waals surface area contributed by atoms with Crippen LogP contribution in [0.3, 0.4) is 0 Å². The second-order valence-electron chi connectivity index (χ2n) is 8.14. The van der Waals surface area contributed by atoms with E-state index in [1.807, 2.05) is 35.6 Å². The zero-order chi connectivity index (χ0) is 20.0. The van der Waals surface area contributed by atoms with Gasteiger partial charge in [0.15, 0.2) is 5.78 Å². The Morgan fingerprint density at radius 3 is 2.93 bits per heavy atom. The lowest BCUT2D eigenvalue weighted by Gasteiger charge is -2.18. The first kappa shape index (κ1) is 19.1. The van der Waals surface area contributed by atoms with Crippen LogP contribution in [0.15, 0.2) is 29.3 Å². The van der Waals surface area contributed by atoms with E-state index in [0.717, 1.165) is 34.4 Å². The van der Waals surface area contributed by atoms with Gasteiger partial charge in [0, 0.05) is 21.7 Å². The van der Waals surface area contributed by atoms with Crippen LogP contribution in [0.25, 0.3) is 10.2 Å². The minimum Gasteiger partial charge on any atom is -0.497 e. The number of methoxy groups -OCH3 is 1. The minimum absolute atomic E-state index is 0.103. The van der Waals surface area contributed by atoms with Crippen LogP contribution in [0.5, 0.6) is 5.75 Å². The number of hydrogen-bond acceptors (Lipinski definition) is 6. The number of aryl methyl sites for hydroxylation is 1. The number of thiophene rings is 1. The monoisotopic (exact) mass is 424 g/mol. The number of ketones is 1. The highest BCUT2D eigenvalue weighted by atomic mass is 32.2. The highest BCUT2D eigenvalue weighted by Gasteiger charge is 2.30. The van der Waals surface area contributed by atoms with Crippen LogP contribution in [-0.4, -0.2) is 28.6 Å². The molecule has 0 amide bonds. The molecule has 0 spiro atoms. The van der Waals surface area contributed by atoms with Gasteiger partial charge in [0.25, 0.3) is 0 Å². The molecule has 1 saturated carbocycles. The maximum atomic E-state index is 12.8. The molecule has 3 aromatic rings. The predicted molar refractivity (Wildman–Crippen MR) is 119 cm³/mol.